The summed E-state index contributed by atoms with van der Waals surface area (Å²) in [6, 6.07) is 5.93. The van der Waals surface area contributed by atoms with Crippen LogP contribution in [0.4, 0.5) is 4.39 Å². The summed E-state index contributed by atoms with van der Waals surface area (Å²) in [5.41, 5.74) is 3.14. The lowest BCUT2D eigenvalue weighted by Crippen LogP contribution is -2.39. The molecular weight excluding hydrogens is 265 g/mol. The quantitative estimate of drug-likeness (QED) is 0.760. The summed E-state index contributed by atoms with van der Waals surface area (Å²) in [5.74, 6) is -1.89. The second kappa shape index (κ2) is 6.41. The Kier molecular flexibility index (Phi) is 4.38. The molecule has 2 N–H and O–H groups in total. The molecule has 0 radical (unpaired) electrons. The maximum Gasteiger partial charge on any atom is 0.328 e. The van der Waals surface area contributed by atoms with Gasteiger partial charge >= 0.3 is 11.8 Å². The van der Waals surface area contributed by atoms with Gasteiger partial charge in [-0.3, -0.25) is 15.0 Å². The summed E-state index contributed by atoms with van der Waals surface area (Å²) in [6.45, 7) is 0.278. The molecule has 0 spiro atoms. The zero-order valence-corrected chi connectivity index (χ0v) is 10.4. The maximum absolute atomic E-state index is 12.7. The molecule has 1 aromatic heterocycles. The Morgan fingerprint density at radius 1 is 1.10 bits per heavy atom. The van der Waals surface area contributed by atoms with E-state index in [0.29, 0.717) is 6.42 Å². The fraction of sp³-hybridized carbons (Fsp3) is 0.167. The summed E-state index contributed by atoms with van der Waals surface area (Å²) < 4.78 is 13.9. The van der Waals surface area contributed by atoms with Gasteiger partial charge in [-0.25, -0.2) is 9.07 Å². The van der Waals surface area contributed by atoms with Crippen molar-refractivity contribution in [1.29, 1.82) is 0 Å². The fourth-order valence-corrected chi connectivity index (χ4v) is 1.48. The molecule has 0 atom stereocenters. The largest absolute Gasteiger partial charge is 0.347 e. The highest BCUT2D eigenvalue weighted by Gasteiger charge is 2.12. The number of halogens is 1. The van der Waals surface area contributed by atoms with Gasteiger partial charge in [-0.05, 0) is 24.1 Å². The van der Waals surface area contributed by atoms with E-state index >= 15 is 0 Å². The van der Waals surface area contributed by atoms with Crippen LogP contribution in [0, 0.1) is 5.82 Å². The smallest absolute Gasteiger partial charge is 0.328 e. The van der Waals surface area contributed by atoms with Gasteiger partial charge in [-0.1, -0.05) is 12.1 Å². The Morgan fingerprint density at radius 2 is 1.75 bits per heavy atom. The van der Waals surface area contributed by atoms with Crippen LogP contribution in [0.25, 0.3) is 0 Å². The third-order valence-corrected chi connectivity index (χ3v) is 2.47. The van der Waals surface area contributed by atoms with Crippen molar-refractivity contribution in [3.63, 3.8) is 0 Å². The Balaban J connectivity index is 1.74. The molecule has 7 nitrogen and oxygen atoms in total. The van der Waals surface area contributed by atoms with Gasteiger partial charge in [0.25, 0.3) is 0 Å². The van der Waals surface area contributed by atoms with Crippen LogP contribution in [-0.4, -0.2) is 33.2 Å². The summed E-state index contributed by atoms with van der Waals surface area (Å²) in [7, 11) is 0. The van der Waals surface area contributed by atoms with Crippen molar-refractivity contribution in [2.24, 2.45) is 0 Å². The van der Waals surface area contributed by atoms with Crippen LogP contribution in [-0.2, 0) is 16.0 Å². The van der Waals surface area contributed by atoms with Crippen molar-refractivity contribution >= 4 is 11.8 Å². The summed E-state index contributed by atoms with van der Waals surface area (Å²) >= 11 is 0. The SMILES string of the molecule is O=C(NCCc1ccc(F)cc1)C(=O)Nn1cnnc1. The average molecular weight is 277 g/mol. The number of nitrogens with one attached hydrogen (secondary N) is 2. The van der Waals surface area contributed by atoms with E-state index < -0.39 is 11.8 Å². The number of carbonyl (C=O) groups is 2. The normalized spacial score (nSPS) is 10.1. The van der Waals surface area contributed by atoms with Gasteiger partial charge in [-0.15, -0.1) is 10.2 Å². The molecule has 2 rings (SSSR count). The molecule has 2 aromatic rings. The Hall–Kier alpha value is -2.77. The van der Waals surface area contributed by atoms with Gasteiger partial charge in [0, 0.05) is 6.54 Å². The lowest BCUT2D eigenvalue weighted by Gasteiger charge is -2.06. The monoisotopic (exact) mass is 277 g/mol. The number of amides is 2. The van der Waals surface area contributed by atoms with Crippen LogP contribution >= 0.6 is 0 Å². The van der Waals surface area contributed by atoms with Gasteiger partial charge in [0.2, 0.25) is 0 Å². The standard InChI is InChI=1S/C12H12FN5O2/c13-10-3-1-9(2-4-10)5-6-14-11(19)12(20)17-18-7-15-16-8-18/h1-4,7-8H,5-6H2,(H,14,19)(H,17,20). The number of rotatable bonds is 4. The third-order valence-electron chi connectivity index (χ3n) is 2.47. The molecule has 1 heterocycles. The van der Waals surface area contributed by atoms with Crippen LogP contribution in [0.5, 0.6) is 0 Å². The number of nitrogens with zero attached hydrogens (tertiary/aromatic N) is 3. The molecular formula is C12H12FN5O2. The van der Waals surface area contributed by atoms with E-state index in [1.54, 1.807) is 12.1 Å². The first-order valence-corrected chi connectivity index (χ1v) is 5.83. The van der Waals surface area contributed by atoms with Crippen LogP contribution in [0.2, 0.25) is 0 Å². The van der Waals surface area contributed by atoms with Gasteiger partial charge in [0.15, 0.2) is 0 Å². The van der Waals surface area contributed by atoms with Crippen molar-refractivity contribution in [3.8, 4) is 0 Å². The number of hydrogen-bond donors (Lipinski definition) is 2. The van der Waals surface area contributed by atoms with Crippen molar-refractivity contribution in [2.75, 3.05) is 12.0 Å². The molecule has 0 bridgehead atoms. The number of carbonyl (C=O) groups excluding carboxylic acids is 2. The molecule has 0 fully saturated rings. The molecule has 0 saturated heterocycles. The molecule has 0 unspecified atom stereocenters. The Bertz CT molecular complexity index is 582. The first kappa shape index (κ1) is 13.7. The van der Waals surface area contributed by atoms with E-state index in [9.17, 15) is 14.0 Å². The van der Waals surface area contributed by atoms with E-state index in [4.69, 9.17) is 0 Å². The minimum Gasteiger partial charge on any atom is -0.347 e. The zero-order chi connectivity index (χ0) is 14.4. The Morgan fingerprint density at radius 3 is 2.40 bits per heavy atom. The number of aromatic nitrogens is 3. The van der Waals surface area contributed by atoms with Crippen molar-refractivity contribution in [2.45, 2.75) is 6.42 Å². The highest BCUT2D eigenvalue weighted by Crippen LogP contribution is 2.02. The van der Waals surface area contributed by atoms with Crippen LogP contribution in [0.1, 0.15) is 5.56 Å². The van der Waals surface area contributed by atoms with Crippen molar-refractivity contribution in [1.82, 2.24) is 20.2 Å². The highest BCUT2D eigenvalue weighted by atomic mass is 19.1. The number of hydrogen-bond acceptors (Lipinski definition) is 4. The molecule has 0 aliphatic carbocycles. The van der Waals surface area contributed by atoms with Gasteiger partial charge < -0.3 is 5.32 Å². The molecule has 2 amide bonds. The van der Waals surface area contributed by atoms with E-state index in [-0.39, 0.29) is 12.4 Å². The average Bonchev–Trinajstić information content (AvgIpc) is 2.93. The third kappa shape index (κ3) is 3.87. The Labute approximate surface area is 113 Å². The van der Waals surface area contributed by atoms with Crippen molar-refractivity contribution < 1.29 is 14.0 Å². The maximum atomic E-state index is 12.7. The van der Waals surface area contributed by atoms with Crippen LogP contribution in [0.3, 0.4) is 0 Å². The minimum atomic E-state index is -0.816. The predicted octanol–water partition coefficient (Wildman–Crippen LogP) is -0.154. The van der Waals surface area contributed by atoms with Gasteiger partial charge in [-0.2, -0.15) is 0 Å². The molecule has 0 saturated carbocycles. The van der Waals surface area contributed by atoms with E-state index in [1.165, 1.54) is 29.5 Å². The van der Waals surface area contributed by atoms with E-state index in [0.717, 1.165) is 5.56 Å². The highest BCUT2D eigenvalue weighted by molar-refractivity contribution is 6.38. The lowest BCUT2D eigenvalue weighted by molar-refractivity contribution is -0.136. The van der Waals surface area contributed by atoms with Gasteiger partial charge in [0.1, 0.15) is 18.5 Å². The summed E-state index contributed by atoms with van der Waals surface area (Å²) in [5, 5.41) is 9.42. The van der Waals surface area contributed by atoms with Crippen LogP contribution < -0.4 is 10.7 Å². The summed E-state index contributed by atoms with van der Waals surface area (Å²) in [6.07, 6.45) is 3.01. The van der Waals surface area contributed by atoms with E-state index in [1.807, 2.05) is 0 Å². The number of benzene rings is 1. The van der Waals surface area contributed by atoms with Crippen LogP contribution in [0.15, 0.2) is 36.9 Å². The lowest BCUT2D eigenvalue weighted by atomic mass is 10.1. The summed E-state index contributed by atoms with van der Waals surface area (Å²) in [4.78, 5) is 22.9. The predicted molar refractivity (Wildman–Crippen MR) is 67.5 cm³/mol. The minimum absolute atomic E-state index is 0.278. The second-order valence-electron chi connectivity index (χ2n) is 3.94. The molecule has 8 heteroatoms. The topological polar surface area (TPSA) is 88.9 Å². The molecule has 0 aliphatic rings. The molecule has 1 aromatic carbocycles. The van der Waals surface area contributed by atoms with Gasteiger partial charge in [0.05, 0.1) is 0 Å². The first-order valence-electron chi connectivity index (χ1n) is 5.83. The zero-order valence-electron chi connectivity index (χ0n) is 10.4. The van der Waals surface area contributed by atoms with Crippen molar-refractivity contribution in [3.05, 3.63) is 48.3 Å². The molecule has 104 valence electrons. The first-order chi connectivity index (χ1) is 9.65. The molecule has 20 heavy (non-hydrogen) atoms. The second-order valence-corrected chi connectivity index (χ2v) is 3.94. The fourth-order valence-electron chi connectivity index (χ4n) is 1.48. The molecule has 0 aliphatic heterocycles. The van der Waals surface area contributed by atoms with E-state index in [2.05, 4.69) is 20.9 Å².